The fourth-order valence-corrected chi connectivity index (χ4v) is 1.77. The molecule has 3 heteroatoms. The fraction of sp³-hybridized carbons (Fsp3) is 0.500. The van der Waals surface area contributed by atoms with E-state index in [1.54, 1.807) is 6.07 Å². The molecule has 0 radical (unpaired) electrons. The Labute approximate surface area is 76.4 Å². The van der Waals surface area contributed by atoms with Gasteiger partial charge in [0, 0.05) is 6.42 Å². The summed E-state index contributed by atoms with van der Waals surface area (Å²) in [4.78, 5) is 10.6. The van der Waals surface area contributed by atoms with Crippen molar-refractivity contribution in [1.82, 2.24) is 0 Å². The van der Waals surface area contributed by atoms with Gasteiger partial charge in [-0.25, -0.2) is 4.79 Å². The van der Waals surface area contributed by atoms with Crippen molar-refractivity contribution >= 4 is 5.97 Å². The second-order valence-electron chi connectivity index (χ2n) is 3.42. The van der Waals surface area contributed by atoms with Crippen LogP contribution in [-0.4, -0.2) is 11.1 Å². The topological polar surface area (TPSA) is 50.4 Å². The number of rotatable bonds is 1. The maximum Gasteiger partial charge on any atom is 0.371 e. The average molecular weight is 180 g/mol. The monoisotopic (exact) mass is 180 g/mol. The summed E-state index contributed by atoms with van der Waals surface area (Å²) in [7, 11) is 0. The van der Waals surface area contributed by atoms with Gasteiger partial charge in [0.25, 0.3) is 0 Å². The van der Waals surface area contributed by atoms with Crippen LogP contribution in [0.4, 0.5) is 0 Å². The van der Waals surface area contributed by atoms with Gasteiger partial charge in [0.2, 0.25) is 5.76 Å². The van der Waals surface area contributed by atoms with Gasteiger partial charge in [-0.15, -0.1) is 0 Å². The molecule has 0 aromatic carbocycles. The molecule has 0 amide bonds. The van der Waals surface area contributed by atoms with E-state index >= 15 is 0 Å². The Morgan fingerprint density at radius 3 is 2.85 bits per heavy atom. The smallest absolute Gasteiger partial charge is 0.371 e. The summed E-state index contributed by atoms with van der Waals surface area (Å²) in [5.41, 5.74) is 1.09. The van der Waals surface area contributed by atoms with Gasteiger partial charge in [0.05, 0.1) is 0 Å². The molecular weight excluding hydrogens is 168 g/mol. The van der Waals surface area contributed by atoms with Crippen molar-refractivity contribution in [2.75, 3.05) is 0 Å². The molecule has 1 aliphatic rings. The van der Waals surface area contributed by atoms with Crippen molar-refractivity contribution < 1.29 is 14.3 Å². The van der Waals surface area contributed by atoms with E-state index < -0.39 is 5.97 Å². The van der Waals surface area contributed by atoms with Crippen LogP contribution in [-0.2, 0) is 12.8 Å². The van der Waals surface area contributed by atoms with Gasteiger partial charge in [-0.1, -0.05) is 6.42 Å². The van der Waals surface area contributed by atoms with Gasteiger partial charge in [0.15, 0.2) is 0 Å². The zero-order valence-electron chi connectivity index (χ0n) is 7.38. The van der Waals surface area contributed by atoms with E-state index in [0.717, 1.165) is 37.0 Å². The molecule has 0 fully saturated rings. The SMILES string of the molecule is O=C(O)c1cc2c(o1)CCCCC2. The third kappa shape index (κ3) is 1.59. The third-order valence-electron chi connectivity index (χ3n) is 2.46. The minimum Gasteiger partial charge on any atom is -0.475 e. The highest BCUT2D eigenvalue weighted by atomic mass is 16.4. The molecule has 2 rings (SSSR count). The van der Waals surface area contributed by atoms with E-state index in [0.29, 0.717) is 0 Å². The predicted octanol–water partition coefficient (Wildman–Crippen LogP) is 2.25. The molecule has 0 aliphatic heterocycles. The highest BCUT2D eigenvalue weighted by Gasteiger charge is 2.16. The van der Waals surface area contributed by atoms with Crippen LogP contribution in [0.1, 0.15) is 41.1 Å². The first-order valence-electron chi connectivity index (χ1n) is 4.62. The number of hydrogen-bond donors (Lipinski definition) is 1. The highest BCUT2D eigenvalue weighted by Crippen LogP contribution is 2.23. The lowest BCUT2D eigenvalue weighted by Crippen LogP contribution is -1.92. The van der Waals surface area contributed by atoms with Crippen molar-refractivity contribution in [2.24, 2.45) is 0 Å². The van der Waals surface area contributed by atoms with Crippen molar-refractivity contribution in [2.45, 2.75) is 32.1 Å². The van der Waals surface area contributed by atoms with E-state index in [1.807, 2.05) is 0 Å². The molecule has 3 nitrogen and oxygen atoms in total. The Morgan fingerprint density at radius 2 is 2.08 bits per heavy atom. The minimum atomic E-state index is -0.965. The standard InChI is InChI=1S/C10H12O3/c11-10(12)9-6-7-4-2-1-3-5-8(7)13-9/h6H,1-5H2,(H,11,12). The molecule has 1 aromatic heterocycles. The predicted molar refractivity (Wildman–Crippen MR) is 46.9 cm³/mol. The Hall–Kier alpha value is -1.25. The Kier molecular flexibility index (Phi) is 2.08. The van der Waals surface area contributed by atoms with Crippen molar-refractivity contribution in [1.29, 1.82) is 0 Å². The Balaban J connectivity index is 2.32. The van der Waals surface area contributed by atoms with Gasteiger partial charge >= 0.3 is 5.97 Å². The van der Waals surface area contributed by atoms with Crippen LogP contribution < -0.4 is 0 Å². The number of aromatic carboxylic acids is 1. The molecule has 0 saturated carbocycles. The number of aryl methyl sites for hydroxylation is 2. The molecule has 0 saturated heterocycles. The summed E-state index contributed by atoms with van der Waals surface area (Å²) >= 11 is 0. The summed E-state index contributed by atoms with van der Waals surface area (Å²) in [6.45, 7) is 0. The third-order valence-corrected chi connectivity index (χ3v) is 2.46. The quantitative estimate of drug-likeness (QED) is 0.674. The van der Waals surface area contributed by atoms with E-state index in [4.69, 9.17) is 9.52 Å². The van der Waals surface area contributed by atoms with Crippen LogP contribution in [0.5, 0.6) is 0 Å². The number of carboxylic acid groups (broad SMARTS) is 1. The maximum atomic E-state index is 10.6. The first kappa shape index (κ1) is 8.35. The first-order valence-corrected chi connectivity index (χ1v) is 4.62. The van der Waals surface area contributed by atoms with Crippen LogP contribution >= 0.6 is 0 Å². The maximum absolute atomic E-state index is 10.6. The normalized spacial score (nSPS) is 16.3. The molecule has 1 aliphatic carbocycles. The lowest BCUT2D eigenvalue weighted by atomic mass is 10.1. The van der Waals surface area contributed by atoms with Crippen LogP contribution in [0.15, 0.2) is 10.5 Å². The number of carbonyl (C=O) groups is 1. The average Bonchev–Trinajstić information content (AvgIpc) is 2.38. The van der Waals surface area contributed by atoms with Crippen molar-refractivity contribution in [3.05, 3.63) is 23.2 Å². The molecule has 1 heterocycles. The molecule has 13 heavy (non-hydrogen) atoms. The minimum absolute atomic E-state index is 0.0897. The van der Waals surface area contributed by atoms with Crippen molar-refractivity contribution in [3.63, 3.8) is 0 Å². The number of furan rings is 1. The fourth-order valence-electron chi connectivity index (χ4n) is 1.77. The molecule has 1 N–H and O–H groups in total. The van der Waals surface area contributed by atoms with Crippen LogP contribution in [0.2, 0.25) is 0 Å². The van der Waals surface area contributed by atoms with E-state index in [1.165, 1.54) is 6.42 Å². The first-order chi connectivity index (χ1) is 6.27. The van der Waals surface area contributed by atoms with Crippen LogP contribution in [0.3, 0.4) is 0 Å². The summed E-state index contributed by atoms with van der Waals surface area (Å²) in [6, 6.07) is 1.67. The second-order valence-corrected chi connectivity index (χ2v) is 3.42. The largest absolute Gasteiger partial charge is 0.475 e. The Morgan fingerprint density at radius 1 is 1.31 bits per heavy atom. The highest BCUT2D eigenvalue weighted by molar-refractivity contribution is 5.84. The number of carboxylic acids is 1. The summed E-state index contributed by atoms with van der Waals surface area (Å²) in [5, 5.41) is 8.71. The lowest BCUT2D eigenvalue weighted by molar-refractivity contribution is 0.0660. The lowest BCUT2D eigenvalue weighted by Gasteiger charge is -1.92. The van der Waals surface area contributed by atoms with Crippen LogP contribution in [0.25, 0.3) is 0 Å². The number of fused-ring (bicyclic) bond motifs is 1. The van der Waals surface area contributed by atoms with Gasteiger partial charge in [-0.2, -0.15) is 0 Å². The number of hydrogen-bond acceptors (Lipinski definition) is 2. The van der Waals surface area contributed by atoms with E-state index in [9.17, 15) is 4.79 Å². The second kappa shape index (κ2) is 3.24. The zero-order valence-corrected chi connectivity index (χ0v) is 7.38. The van der Waals surface area contributed by atoms with Crippen molar-refractivity contribution in [3.8, 4) is 0 Å². The summed E-state index contributed by atoms with van der Waals surface area (Å²) in [6.07, 6.45) is 5.33. The van der Waals surface area contributed by atoms with Gasteiger partial charge in [0.1, 0.15) is 5.76 Å². The molecule has 0 bridgehead atoms. The van der Waals surface area contributed by atoms with Gasteiger partial charge in [-0.05, 0) is 30.9 Å². The summed E-state index contributed by atoms with van der Waals surface area (Å²) in [5.74, 6) is 0.00914. The molecule has 1 aromatic rings. The molecule has 0 spiro atoms. The molecule has 70 valence electrons. The van der Waals surface area contributed by atoms with Gasteiger partial charge < -0.3 is 9.52 Å². The molecule has 0 atom stereocenters. The van der Waals surface area contributed by atoms with Crippen LogP contribution in [0, 0.1) is 0 Å². The van der Waals surface area contributed by atoms with E-state index in [-0.39, 0.29) is 5.76 Å². The molecular formula is C10H12O3. The van der Waals surface area contributed by atoms with Gasteiger partial charge in [-0.3, -0.25) is 0 Å². The van der Waals surface area contributed by atoms with E-state index in [2.05, 4.69) is 0 Å². The molecule has 0 unspecified atom stereocenters. The zero-order chi connectivity index (χ0) is 9.26. The summed E-state index contributed by atoms with van der Waals surface area (Å²) < 4.78 is 5.25. The Bertz CT molecular complexity index is 301.